The van der Waals surface area contributed by atoms with Crippen molar-refractivity contribution in [2.45, 2.75) is 25.4 Å². The van der Waals surface area contributed by atoms with Gasteiger partial charge in [0.05, 0.1) is 16.3 Å². The maximum atomic E-state index is 12.6. The number of nitro benzene ring substituents is 1. The van der Waals surface area contributed by atoms with E-state index in [0.29, 0.717) is 11.4 Å². The summed E-state index contributed by atoms with van der Waals surface area (Å²) in [7, 11) is 0. The molecule has 0 atom stereocenters. The van der Waals surface area contributed by atoms with Crippen LogP contribution in [-0.2, 0) is 16.3 Å². The van der Waals surface area contributed by atoms with Crippen LogP contribution in [0.25, 0.3) is 11.8 Å². The zero-order valence-electron chi connectivity index (χ0n) is 16.6. The molecule has 0 saturated carbocycles. The van der Waals surface area contributed by atoms with E-state index < -0.39 is 4.92 Å². The summed E-state index contributed by atoms with van der Waals surface area (Å²) in [5, 5.41) is 18.5. The van der Waals surface area contributed by atoms with E-state index >= 15 is 0 Å². The van der Waals surface area contributed by atoms with Crippen molar-refractivity contribution in [2.75, 3.05) is 5.32 Å². The molecule has 152 valence electrons. The Bertz CT molecular complexity index is 1170. The van der Waals surface area contributed by atoms with Crippen molar-refractivity contribution < 1.29 is 9.72 Å². The van der Waals surface area contributed by atoms with Crippen molar-refractivity contribution in [2.24, 2.45) is 0 Å². The molecule has 0 radical (unpaired) electrons. The van der Waals surface area contributed by atoms with E-state index in [4.69, 9.17) is 5.10 Å². The van der Waals surface area contributed by atoms with E-state index in [-0.39, 0.29) is 11.6 Å². The minimum absolute atomic E-state index is 0.0158. The highest BCUT2D eigenvalue weighted by molar-refractivity contribution is 7.98. The summed E-state index contributed by atoms with van der Waals surface area (Å²) in [4.78, 5) is 22.9. The van der Waals surface area contributed by atoms with Gasteiger partial charge in [-0.25, -0.2) is 4.68 Å². The largest absolute Gasteiger partial charge is 0.307 e. The van der Waals surface area contributed by atoms with Gasteiger partial charge in [-0.1, -0.05) is 17.7 Å². The summed E-state index contributed by atoms with van der Waals surface area (Å²) in [5.74, 6) is 2.05. The first-order valence-corrected chi connectivity index (χ1v) is 10.6. The summed E-state index contributed by atoms with van der Waals surface area (Å²) >= 11 is 1.78. The normalized spacial score (nSPS) is 12.9. The van der Waals surface area contributed by atoms with Crippen molar-refractivity contribution >= 4 is 35.3 Å². The molecule has 2 heterocycles. The van der Waals surface area contributed by atoms with Crippen molar-refractivity contribution in [3.05, 3.63) is 86.6 Å². The van der Waals surface area contributed by atoms with Crippen LogP contribution >= 0.6 is 11.8 Å². The van der Waals surface area contributed by atoms with Crippen LogP contribution in [0.5, 0.6) is 0 Å². The quantitative estimate of drug-likeness (QED) is 0.364. The molecule has 1 aliphatic heterocycles. The third kappa shape index (κ3) is 3.99. The number of aryl methyl sites for hydroxylation is 2. The smallest absolute Gasteiger partial charge is 0.269 e. The van der Waals surface area contributed by atoms with E-state index in [1.807, 2.05) is 30.7 Å². The number of amides is 1. The number of benzene rings is 2. The van der Waals surface area contributed by atoms with Gasteiger partial charge in [0, 0.05) is 35.3 Å². The molecule has 7 nitrogen and oxygen atoms in total. The number of anilines is 1. The van der Waals surface area contributed by atoms with Crippen LogP contribution in [0.4, 0.5) is 11.5 Å². The maximum absolute atomic E-state index is 12.6. The molecule has 0 fully saturated rings. The highest BCUT2D eigenvalue weighted by Crippen LogP contribution is 2.36. The SMILES string of the molecule is Cc1ccc(-n2nc3c(c2NC(=O)/C=C\c2ccc([N+](=O)[O-])cc2)CSC3)c(C)c1. The lowest BCUT2D eigenvalue weighted by Crippen LogP contribution is -2.14. The van der Waals surface area contributed by atoms with Gasteiger partial charge in [-0.3, -0.25) is 14.9 Å². The maximum Gasteiger partial charge on any atom is 0.269 e. The lowest BCUT2D eigenvalue weighted by atomic mass is 10.1. The molecule has 0 spiro atoms. The fourth-order valence-corrected chi connectivity index (χ4v) is 4.43. The number of fused-ring (bicyclic) bond motifs is 1. The molecule has 3 aromatic rings. The second-order valence-electron chi connectivity index (χ2n) is 7.14. The molecule has 0 aliphatic carbocycles. The molecule has 8 heteroatoms. The third-order valence-electron chi connectivity index (χ3n) is 4.91. The molecule has 1 amide bonds. The predicted molar refractivity (Wildman–Crippen MR) is 119 cm³/mol. The second-order valence-corrected chi connectivity index (χ2v) is 8.13. The minimum Gasteiger partial charge on any atom is -0.307 e. The van der Waals surface area contributed by atoms with Gasteiger partial charge in [-0.2, -0.15) is 16.9 Å². The average Bonchev–Trinajstić information content (AvgIpc) is 3.29. The number of nitro groups is 1. The Kier molecular flexibility index (Phi) is 5.41. The van der Waals surface area contributed by atoms with Crippen molar-refractivity contribution in [3.63, 3.8) is 0 Å². The van der Waals surface area contributed by atoms with Crippen LogP contribution in [0.15, 0.2) is 48.5 Å². The molecule has 1 N–H and O–H groups in total. The van der Waals surface area contributed by atoms with Gasteiger partial charge in [-0.05, 0) is 49.2 Å². The summed E-state index contributed by atoms with van der Waals surface area (Å²) in [6, 6.07) is 12.2. The molecular formula is C22H20N4O3S. The highest BCUT2D eigenvalue weighted by Gasteiger charge is 2.24. The summed E-state index contributed by atoms with van der Waals surface area (Å²) in [6.45, 7) is 4.08. The number of aromatic nitrogens is 2. The van der Waals surface area contributed by atoms with E-state index in [2.05, 4.69) is 11.4 Å². The first-order valence-electron chi connectivity index (χ1n) is 9.42. The van der Waals surface area contributed by atoms with Crippen LogP contribution in [0.3, 0.4) is 0 Å². The Hall–Kier alpha value is -3.39. The van der Waals surface area contributed by atoms with Gasteiger partial charge >= 0.3 is 0 Å². The average molecular weight is 420 g/mol. The predicted octanol–water partition coefficient (Wildman–Crippen LogP) is 4.80. The number of thioether (sulfide) groups is 1. The van der Waals surface area contributed by atoms with E-state index in [1.165, 1.54) is 23.8 Å². The van der Waals surface area contributed by atoms with E-state index in [0.717, 1.165) is 34.0 Å². The number of carbonyl (C=O) groups is 1. The molecule has 1 aromatic heterocycles. The minimum atomic E-state index is -0.451. The Balaban J connectivity index is 1.59. The fourth-order valence-electron chi connectivity index (χ4n) is 3.40. The number of non-ortho nitro benzene ring substituents is 1. The molecule has 4 rings (SSSR count). The van der Waals surface area contributed by atoms with Crippen LogP contribution in [0, 0.1) is 24.0 Å². The second kappa shape index (κ2) is 8.16. The van der Waals surface area contributed by atoms with E-state index in [1.54, 1.807) is 30.0 Å². The topological polar surface area (TPSA) is 90.1 Å². The van der Waals surface area contributed by atoms with E-state index in [9.17, 15) is 14.9 Å². The summed E-state index contributed by atoms with van der Waals surface area (Å²) < 4.78 is 1.82. The lowest BCUT2D eigenvalue weighted by molar-refractivity contribution is -0.384. The third-order valence-corrected chi connectivity index (χ3v) is 5.88. The lowest BCUT2D eigenvalue weighted by Gasteiger charge is -2.12. The van der Waals surface area contributed by atoms with Gasteiger partial charge in [0.1, 0.15) is 5.82 Å². The molecule has 0 bridgehead atoms. The van der Waals surface area contributed by atoms with Gasteiger partial charge in [0.2, 0.25) is 5.91 Å². The van der Waals surface area contributed by atoms with Gasteiger partial charge in [0.15, 0.2) is 0 Å². The number of rotatable bonds is 5. The van der Waals surface area contributed by atoms with Crippen LogP contribution < -0.4 is 5.32 Å². The first-order chi connectivity index (χ1) is 14.4. The molecule has 1 aliphatic rings. The van der Waals surface area contributed by atoms with Crippen molar-refractivity contribution in [3.8, 4) is 5.69 Å². The number of hydrogen-bond donors (Lipinski definition) is 1. The van der Waals surface area contributed by atoms with Crippen LogP contribution in [0.1, 0.15) is 27.9 Å². The van der Waals surface area contributed by atoms with Crippen molar-refractivity contribution in [1.82, 2.24) is 9.78 Å². The van der Waals surface area contributed by atoms with Crippen LogP contribution in [-0.4, -0.2) is 20.6 Å². The summed E-state index contributed by atoms with van der Waals surface area (Å²) in [5.41, 5.74) is 5.96. The number of hydrogen-bond acceptors (Lipinski definition) is 5. The Morgan fingerprint density at radius 1 is 1.20 bits per heavy atom. The zero-order chi connectivity index (χ0) is 21.3. The fraction of sp³-hybridized carbons (Fsp3) is 0.182. The summed E-state index contributed by atoms with van der Waals surface area (Å²) in [6.07, 6.45) is 3.06. The molecule has 2 aromatic carbocycles. The van der Waals surface area contributed by atoms with Crippen LogP contribution in [0.2, 0.25) is 0 Å². The number of carbonyl (C=O) groups excluding carboxylic acids is 1. The zero-order valence-corrected chi connectivity index (χ0v) is 17.4. The molecule has 0 unspecified atom stereocenters. The van der Waals surface area contributed by atoms with Gasteiger partial charge in [0.25, 0.3) is 5.69 Å². The molecule has 0 saturated heterocycles. The Morgan fingerprint density at radius 2 is 1.97 bits per heavy atom. The van der Waals surface area contributed by atoms with Gasteiger partial charge in [-0.15, -0.1) is 0 Å². The number of nitrogens with zero attached hydrogens (tertiary/aromatic N) is 3. The Morgan fingerprint density at radius 3 is 2.67 bits per heavy atom. The Labute approximate surface area is 177 Å². The van der Waals surface area contributed by atoms with Gasteiger partial charge < -0.3 is 5.32 Å². The van der Waals surface area contributed by atoms with Crippen molar-refractivity contribution in [1.29, 1.82) is 0 Å². The number of nitrogens with one attached hydrogen (secondary N) is 1. The first kappa shape index (κ1) is 19.9. The standard InChI is InChI=1S/C22H20N4O3S/c1-14-3-9-20(15(2)11-14)25-22(18-12-30-13-19(18)24-25)23-21(27)10-6-16-4-7-17(8-5-16)26(28)29/h3-11H,12-13H2,1-2H3,(H,23,27)/b10-6-. The molecular weight excluding hydrogens is 400 g/mol. The molecule has 30 heavy (non-hydrogen) atoms. The highest BCUT2D eigenvalue weighted by atomic mass is 32.2. The monoisotopic (exact) mass is 420 g/mol.